The molecule has 0 aliphatic rings. The second-order valence-electron chi connectivity index (χ2n) is 5.15. The fourth-order valence-electron chi connectivity index (χ4n) is 1.42. The summed E-state index contributed by atoms with van der Waals surface area (Å²) in [6.45, 7) is 6.63. The smallest absolute Gasteiger partial charge is 0.0936 e. The van der Waals surface area contributed by atoms with Crippen LogP contribution in [0.1, 0.15) is 32.8 Å². The van der Waals surface area contributed by atoms with Crippen LogP contribution in [0.3, 0.4) is 0 Å². The van der Waals surface area contributed by atoms with Crippen molar-refractivity contribution in [1.82, 2.24) is 0 Å². The molecule has 1 aromatic rings. The third kappa shape index (κ3) is 4.80. The van der Waals surface area contributed by atoms with Crippen LogP contribution >= 0.6 is 11.8 Å². The molecule has 0 saturated carbocycles. The number of hydrogen-bond acceptors (Lipinski definition) is 3. The summed E-state index contributed by atoms with van der Waals surface area (Å²) in [5.74, 6) is 0.892. The number of benzene rings is 1. The third-order valence-electron chi connectivity index (χ3n) is 2.58. The second kappa shape index (κ2) is 6.09. The van der Waals surface area contributed by atoms with Gasteiger partial charge in [0.05, 0.1) is 12.1 Å². The fourth-order valence-corrected chi connectivity index (χ4v) is 2.36. The minimum absolute atomic E-state index is 0.201. The van der Waals surface area contributed by atoms with Crippen LogP contribution in [-0.4, -0.2) is 11.8 Å². The number of nitriles is 1. The van der Waals surface area contributed by atoms with Gasteiger partial charge in [-0.3, -0.25) is 0 Å². The van der Waals surface area contributed by atoms with Crippen LogP contribution in [-0.2, 0) is 5.41 Å². The average Bonchev–Trinajstić information content (AvgIpc) is 2.28. The first-order valence-electron chi connectivity index (χ1n) is 5.82. The maximum Gasteiger partial charge on any atom is 0.0936 e. The Balaban J connectivity index is 2.50. The second-order valence-corrected chi connectivity index (χ2v) is 6.32. The van der Waals surface area contributed by atoms with Crippen molar-refractivity contribution in [2.45, 2.75) is 43.5 Å². The van der Waals surface area contributed by atoms with Crippen LogP contribution in [0.25, 0.3) is 0 Å². The minimum atomic E-state index is -0.337. The number of rotatable bonds is 4. The SMILES string of the molecule is CC(C)(C)c1ccc(SCCC(N)C#N)cc1. The van der Waals surface area contributed by atoms with Gasteiger partial charge in [-0.2, -0.15) is 5.26 Å². The molecule has 0 aromatic heterocycles. The maximum atomic E-state index is 8.57. The molecule has 0 aliphatic heterocycles. The lowest BCUT2D eigenvalue weighted by Crippen LogP contribution is -2.17. The molecule has 0 radical (unpaired) electrons. The maximum absolute atomic E-state index is 8.57. The van der Waals surface area contributed by atoms with Gasteiger partial charge in [0.25, 0.3) is 0 Å². The zero-order valence-electron chi connectivity index (χ0n) is 10.7. The Hall–Kier alpha value is -0.980. The molecule has 0 aliphatic carbocycles. The van der Waals surface area contributed by atoms with E-state index in [1.54, 1.807) is 11.8 Å². The summed E-state index contributed by atoms with van der Waals surface area (Å²) >= 11 is 1.75. The fraction of sp³-hybridized carbons (Fsp3) is 0.500. The molecule has 2 N–H and O–H groups in total. The van der Waals surface area contributed by atoms with Crippen molar-refractivity contribution >= 4 is 11.8 Å². The Morgan fingerprint density at radius 1 is 1.29 bits per heavy atom. The largest absolute Gasteiger partial charge is 0.316 e. The summed E-state index contributed by atoms with van der Waals surface area (Å²) in [5, 5.41) is 8.57. The Kier molecular flexibility index (Phi) is 5.04. The highest BCUT2D eigenvalue weighted by Crippen LogP contribution is 2.25. The van der Waals surface area contributed by atoms with Gasteiger partial charge in [-0.15, -0.1) is 11.8 Å². The Labute approximate surface area is 108 Å². The number of nitrogens with zero attached hydrogens (tertiary/aromatic N) is 1. The van der Waals surface area contributed by atoms with E-state index in [0.29, 0.717) is 0 Å². The molecule has 0 saturated heterocycles. The molecular formula is C14H20N2S. The van der Waals surface area contributed by atoms with Crippen molar-refractivity contribution in [2.75, 3.05) is 5.75 Å². The van der Waals surface area contributed by atoms with Crippen molar-refractivity contribution in [3.8, 4) is 6.07 Å². The zero-order valence-corrected chi connectivity index (χ0v) is 11.6. The van der Waals surface area contributed by atoms with Gasteiger partial charge in [-0.25, -0.2) is 0 Å². The highest BCUT2D eigenvalue weighted by molar-refractivity contribution is 7.99. The molecule has 1 atom stereocenters. The molecule has 1 unspecified atom stereocenters. The van der Waals surface area contributed by atoms with E-state index in [1.165, 1.54) is 10.5 Å². The molecule has 3 heteroatoms. The Bertz CT molecular complexity index is 384. The summed E-state index contributed by atoms with van der Waals surface area (Å²) < 4.78 is 0. The van der Waals surface area contributed by atoms with Crippen molar-refractivity contribution in [2.24, 2.45) is 5.73 Å². The molecule has 2 nitrogen and oxygen atoms in total. The molecule has 1 aromatic carbocycles. The quantitative estimate of drug-likeness (QED) is 0.832. The monoisotopic (exact) mass is 248 g/mol. The van der Waals surface area contributed by atoms with Crippen LogP contribution in [0.15, 0.2) is 29.2 Å². The van der Waals surface area contributed by atoms with E-state index in [9.17, 15) is 0 Å². The molecule has 0 bridgehead atoms. The van der Waals surface area contributed by atoms with Crippen LogP contribution in [0.4, 0.5) is 0 Å². The van der Waals surface area contributed by atoms with Crippen LogP contribution < -0.4 is 5.73 Å². The molecular weight excluding hydrogens is 228 g/mol. The molecule has 1 rings (SSSR count). The third-order valence-corrected chi connectivity index (χ3v) is 3.63. The first-order chi connectivity index (χ1) is 7.93. The van der Waals surface area contributed by atoms with E-state index < -0.39 is 0 Å². The predicted molar refractivity (Wildman–Crippen MR) is 74.1 cm³/mol. The number of thioether (sulfide) groups is 1. The summed E-state index contributed by atoms with van der Waals surface area (Å²) in [7, 11) is 0. The first kappa shape index (κ1) is 14.1. The van der Waals surface area contributed by atoms with Crippen molar-refractivity contribution in [3.63, 3.8) is 0 Å². The van der Waals surface area contributed by atoms with Gasteiger partial charge in [0.2, 0.25) is 0 Å². The van der Waals surface area contributed by atoms with Gasteiger partial charge < -0.3 is 5.73 Å². The predicted octanol–water partition coefficient (Wildman–Crippen LogP) is 3.32. The van der Waals surface area contributed by atoms with Crippen molar-refractivity contribution < 1.29 is 0 Å². The first-order valence-corrected chi connectivity index (χ1v) is 6.80. The van der Waals surface area contributed by atoms with Crippen molar-refractivity contribution in [3.05, 3.63) is 29.8 Å². The average molecular weight is 248 g/mol. The van der Waals surface area contributed by atoms with Crippen LogP contribution in [0.2, 0.25) is 0 Å². The Morgan fingerprint density at radius 3 is 2.35 bits per heavy atom. The summed E-state index contributed by atoms with van der Waals surface area (Å²) in [6.07, 6.45) is 0.738. The lowest BCUT2D eigenvalue weighted by molar-refractivity contribution is 0.590. The molecule has 0 amide bonds. The highest BCUT2D eigenvalue weighted by Gasteiger charge is 2.12. The molecule has 0 heterocycles. The van der Waals surface area contributed by atoms with E-state index in [0.717, 1.165) is 12.2 Å². The van der Waals surface area contributed by atoms with E-state index >= 15 is 0 Å². The van der Waals surface area contributed by atoms with Gasteiger partial charge in [-0.1, -0.05) is 32.9 Å². The van der Waals surface area contributed by atoms with E-state index in [1.807, 2.05) is 6.07 Å². The lowest BCUT2D eigenvalue weighted by atomic mass is 9.87. The molecule has 0 fully saturated rings. The number of nitrogens with two attached hydrogens (primary N) is 1. The summed E-state index contributed by atoms with van der Waals surface area (Å²) in [4.78, 5) is 1.24. The van der Waals surface area contributed by atoms with E-state index in [-0.39, 0.29) is 11.5 Å². The lowest BCUT2D eigenvalue weighted by Gasteiger charge is -2.19. The number of hydrogen-bond donors (Lipinski definition) is 1. The minimum Gasteiger partial charge on any atom is -0.316 e. The van der Waals surface area contributed by atoms with E-state index in [2.05, 4.69) is 45.0 Å². The normalized spacial score (nSPS) is 13.1. The van der Waals surface area contributed by atoms with Crippen molar-refractivity contribution in [1.29, 1.82) is 5.26 Å². The van der Waals surface area contributed by atoms with Gasteiger partial charge >= 0.3 is 0 Å². The topological polar surface area (TPSA) is 49.8 Å². The van der Waals surface area contributed by atoms with E-state index in [4.69, 9.17) is 11.0 Å². The zero-order chi connectivity index (χ0) is 12.9. The standard InChI is InChI=1S/C14H20N2S/c1-14(2,3)11-4-6-13(7-5-11)17-9-8-12(16)10-15/h4-7,12H,8-9,16H2,1-3H3. The van der Waals surface area contributed by atoms with Crippen LogP contribution in [0, 0.1) is 11.3 Å². The molecule has 0 spiro atoms. The Morgan fingerprint density at radius 2 is 1.88 bits per heavy atom. The molecule has 92 valence electrons. The van der Waals surface area contributed by atoms with Gasteiger partial charge in [0, 0.05) is 10.6 Å². The van der Waals surface area contributed by atoms with Gasteiger partial charge in [-0.05, 0) is 29.5 Å². The van der Waals surface area contributed by atoms with Gasteiger partial charge in [0.1, 0.15) is 0 Å². The summed E-state index contributed by atoms with van der Waals surface area (Å²) in [6, 6.07) is 10.3. The van der Waals surface area contributed by atoms with Crippen LogP contribution in [0.5, 0.6) is 0 Å². The highest BCUT2D eigenvalue weighted by atomic mass is 32.2. The summed E-state index contributed by atoms with van der Waals surface area (Å²) in [5.41, 5.74) is 7.09. The van der Waals surface area contributed by atoms with Gasteiger partial charge in [0.15, 0.2) is 0 Å². The molecule has 17 heavy (non-hydrogen) atoms.